The summed E-state index contributed by atoms with van der Waals surface area (Å²) in [6.07, 6.45) is 2.13. The smallest absolute Gasteiger partial charge is 0.139 e. The minimum absolute atomic E-state index is 0.113. The first-order valence-electron chi connectivity index (χ1n) is 7.21. The van der Waals surface area contributed by atoms with Crippen LogP contribution in [0.3, 0.4) is 0 Å². The van der Waals surface area contributed by atoms with E-state index >= 15 is 0 Å². The molecular weight excluding hydrogens is 352 g/mol. The molecule has 0 amide bonds. The van der Waals surface area contributed by atoms with Crippen molar-refractivity contribution in [3.05, 3.63) is 21.6 Å². The monoisotopic (exact) mass is 374 g/mol. The van der Waals surface area contributed by atoms with Crippen molar-refractivity contribution in [2.24, 2.45) is 0 Å². The van der Waals surface area contributed by atoms with E-state index in [0.717, 1.165) is 23.0 Å². The predicted molar refractivity (Wildman–Crippen MR) is 93.6 cm³/mol. The van der Waals surface area contributed by atoms with Crippen molar-refractivity contribution in [1.29, 1.82) is 0 Å². The van der Waals surface area contributed by atoms with Gasteiger partial charge < -0.3 is 15.4 Å². The van der Waals surface area contributed by atoms with Crippen molar-refractivity contribution >= 4 is 33.2 Å². The minimum atomic E-state index is 0.113. The third kappa shape index (κ3) is 4.27. The largest absolute Gasteiger partial charge is 0.495 e. The van der Waals surface area contributed by atoms with Crippen molar-refractivity contribution in [1.82, 2.24) is 5.32 Å². The molecule has 0 unspecified atom stereocenters. The summed E-state index contributed by atoms with van der Waals surface area (Å²) in [7, 11) is 1.63. The van der Waals surface area contributed by atoms with E-state index in [-0.39, 0.29) is 11.1 Å². The van der Waals surface area contributed by atoms with Crippen LogP contribution in [0.4, 0.5) is 5.69 Å². The second-order valence-corrected chi connectivity index (χ2v) is 8.37. The summed E-state index contributed by atoms with van der Waals surface area (Å²) in [5, 5.41) is 7.95. The highest BCUT2D eigenvalue weighted by Gasteiger charge is 2.37. The molecule has 21 heavy (non-hydrogen) atoms. The van der Waals surface area contributed by atoms with Gasteiger partial charge in [0.2, 0.25) is 0 Å². The van der Waals surface area contributed by atoms with Crippen LogP contribution in [-0.4, -0.2) is 24.2 Å². The number of halogens is 2. The van der Waals surface area contributed by atoms with E-state index in [4.69, 9.17) is 16.3 Å². The van der Waals surface area contributed by atoms with Gasteiger partial charge in [-0.25, -0.2) is 0 Å². The van der Waals surface area contributed by atoms with Gasteiger partial charge in [-0.1, -0.05) is 11.6 Å². The Labute approximate surface area is 140 Å². The van der Waals surface area contributed by atoms with E-state index in [1.54, 1.807) is 7.11 Å². The number of hydrogen-bond donors (Lipinski definition) is 2. The molecule has 0 aromatic heterocycles. The molecule has 1 heterocycles. The molecule has 1 aliphatic heterocycles. The molecule has 0 bridgehead atoms. The Bertz CT molecular complexity index is 515. The Morgan fingerprint density at radius 1 is 1.24 bits per heavy atom. The Morgan fingerprint density at radius 3 is 2.33 bits per heavy atom. The summed E-state index contributed by atoms with van der Waals surface area (Å²) in [6.45, 7) is 9.00. The molecule has 0 radical (unpaired) electrons. The molecule has 2 N–H and O–H groups in total. The summed E-state index contributed by atoms with van der Waals surface area (Å²) in [5.41, 5.74) is 1.25. The lowest BCUT2D eigenvalue weighted by atomic mass is 9.79. The van der Waals surface area contributed by atoms with E-state index in [1.165, 1.54) is 0 Å². The van der Waals surface area contributed by atoms with Gasteiger partial charge in [-0.15, -0.1) is 0 Å². The molecule has 118 valence electrons. The van der Waals surface area contributed by atoms with Crippen molar-refractivity contribution in [3.8, 4) is 5.75 Å². The minimum Gasteiger partial charge on any atom is -0.495 e. The molecule has 0 aliphatic carbocycles. The van der Waals surface area contributed by atoms with Gasteiger partial charge in [-0.2, -0.15) is 0 Å². The van der Waals surface area contributed by atoms with Gasteiger partial charge in [-0.3, -0.25) is 0 Å². The quantitative estimate of drug-likeness (QED) is 0.793. The Morgan fingerprint density at radius 2 is 1.81 bits per heavy atom. The molecule has 1 saturated heterocycles. The van der Waals surface area contributed by atoms with E-state index in [9.17, 15) is 0 Å². The average Bonchev–Trinajstić information content (AvgIpc) is 2.28. The molecule has 1 aromatic rings. The third-order valence-corrected chi connectivity index (χ3v) is 4.74. The third-order valence-electron chi connectivity index (χ3n) is 3.79. The highest BCUT2D eigenvalue weighted by Crippen LogP contribution is 2.37. The summed E-state index contributed by atoms with van der Waals surface area (Å²) in [6, 6.07) is 4.23. The first kappa shape index (κ1) is 16.9. The van der Waals surface area contributed by atoms with Crippen LogP contribution in [0.25, 0.3) is 0 Å². The van der Waals surface area contributed by atoms with Crippen LogP contribution in [0.15, 0.2) is 16.6 Å². The fourth-order valence-electron chi connectivity index (χ4n) is 3.44. The zero-order valence-electron chi connectivity index (χ0n) is 13.3. The normalized spacial score (nSPS) is 21.1. The van der Waals surface area contributed by atoms with Gasteiger partial charge in [0, 0.05) is 27.7 Å². The number of rotatable bonds is 3. The van der Waals surface area contributed by atoms with Gasteiger partial charge in [0.05, 0.1) is 17.8 Å². The average molecular weight is 376 g/mol. The Hall–Kier alpha value is -0.450. The van der Waals surface area contributed by atoms with Gasteiger partial charge in [-0.05, 0) is 62.5 Å². The van der Waals surface area contributed by atoms with E-state index in [0.29, 0.717) is 16.8 Å². The van der Waals surface area contributed by atoms with E-state index in [2.05, 4.69) is 54.3 Å². The summed E-state index contributed by atoms with van der Waals surface area (Å²) in [5.74, 6) is 0.690. The van der Waals surface area contributed by atoms with Crippen LogP contribution in [-0.2, 0) is 0 Å². The SMILES string of the molecule is COc1cc(NC2CC(C)(C)NC(C)(C)C2)c(Br)cc1Cl. The second-order valence-electron chi connectivity index (χ2n) is 7.11. The zero-order chi connectivity index (χ0) is 15.8. The lowest BCUT2D eigenvalue weighted by Gasteiger charge is -2.47. The standard InChI is InChI=1S/C16H24BrClN2O/c1-15(2)8-10(9-16(3,4)20-15)19-13-7-14(21-5)12(18)6-11(13)17/h6-7,10,19-20H,8-9H2,1-5H3. The van der Waals surface area contributed by atoms with Crippen LogP contribution in [0.5, 0.6) is 5.75 Å². The number of methoxy groups -OCH3 is 1. The first-order valence-corrected chi connectivity index (χ1v) is 8.38. The lowest BCUT2D eigenvalue weighted by Crippen LogP contribution is -2.60. The molecule has 3 nitrogen and oxygen atoms in total. The van der Waals surface area contributed by atoms with Crippen molar-refractivity contribution in [3.63, 3.8) is 0 Å². The number of benzene rings is 1. The maximum absolute atomic E-state index is 6.14. The second kappa shape index (κ2) is 5.98. The first-order chi connectivity index (χ1) is 9.62. The molecule has 1 aromatic carbocycles. The number of hydrogen-bond acceptors (Lipinski definition) is 3. The van der Waals surface area contributed by atoms with Crippen molar-refractivity contribution in [2.75, 3.05) is 12.4 Å². The van der Waals surface area contributed by atoms with Crippen molar-refractivity contribution in [2.45, 2.75) is 57.7 Å². The molecular formula is C16H24BrClN2O. The summed E-state index contributed by atoms with van der Waals surface area (Å²) >= 11 is 9.72. The molecule has 0 atom stereocenters. The molecule has 5 heteroatoms. The molecule has 0 saturated carbocycles. The predicted octanol–water partition coefficient (Wildman–Crippen LogP) is 4.83. The van der Waals surface area contributed by atoms with Gasteiger partial charge in [0.1, 0.15) is 5.75 Å². The van der Waals surface area contributed by atoms with Crippen molar-refractivity contribution < 1.29 is 4.74 Å². The zero-order valence-corrected chi connectivity index (χ0v) is 15.7. The highest BCUT2D eigenvalue weighted by atomic mass is 79.9. The Balaban J connectivity index is 2.21. The highest BCUT2D eigenvalue weighted by molar-refractivity contribution is 9.10. The maximum atomic E-state index is 6.14. The fourth-order valence-corrected chi connectivity index (χ4v) is 4.27. The fraction of sp³-hybridized carbons (Fsp3) is 0.625. The molecule has 1 aliphatic rings. The van der Waals surface area contributed by atoms with Gasteiger partial charge >= 0.3 is 0 Å². The van der Waals surface area contributed by atoms with E-state index in [1.807, 2.05) is 12.1 Å². The number of anilines is 1. The lowest BCUT2D eigenvalue weighted by molar-refractivity contribution is 0.170. The van der Waals surface area contributed by atoms with Gasteiger partial charge in [0.25, 0.3) is 0 Å². The van der Waals surface area contributed by atoms with Crippen LogP contribution in [0.1, 0.15) is 40.5 Å². The number of piperidine rings is 1. The number of nitrogens with one attached hydrogen (secondary N) is 2. The summed E-state index contributed by atoms with van der Waals surface area (Å²) < 4.78 is 6.27. The summed E-state index contributed by atoms with van der Waals surface area (Å²) in [4.78, 5) is 0. The van der Waals surface area contributed by atoms with Gasteiger partial charge in [0.15, 0.2) is 0 Å². The van der Waals surface area contributed by atoms with E-state index < -0.39 is 0 Å². The molecule has 2 rings (SSSR count). The van der Waals surface area contributed by atoms with Crippen LogP contribution in [0.2, 0.25) is 5.02 Å². The van der Waals surface area contributed by atoms with Crippen LogP contribution < -0.4 is 15.4 Å². The van der Waals surface area contributed by atoms with Crippen LogP contribution >= 0.6 is 27.5 Å². The topological polar surface area (TPSA) is 33.3 Å². The van der Waals surface area contributed by atoms with Crippen LogP contribution in [0, 0.1) is 0 Å². The number of ether oxygens (including phenoxy) is 1. The maximum Gasteiger partial charge on any atom is 0.139 e. The molecule has 1 fully saturated rings. The molecule has 0 spiro atoms. The Kier molecular flexibility index (Phi) is 4.81.